The number of hydrogen-bond acceptors (Lipinski definition) is 7. The van der Waals surface area contributed by atoms with Gasteiger partial charge in [-0.1, -0.05) is 48.0 Å². The molecule has 3 atom stereocenters. The maximum Gasteiger partial charge on any atom is 0.331 e. The minimum atomic E-state index is -3.61. The zero-order valence-electron chi connectivity index (χ0n) is 23.5. The highest BCUT2D eigenvalue weighted by atomic mass is 31.2. The van der Waals surface area contributed by atoms with Crippen LogP contribution in [0.5, 0.6) is 0 Å². The molecule has 0 aliphatic carbocycles. The van der Waals surface area contributed by atoms with E-state index < -0.39 is 25.8 Å². The molecular formula is C26H50NO7P. The first-order valence-corrected chi connectivity index (χ1v) is 14.7. The summed E-state index contributed by atoms with van der Waals surface area (Å²) in [5.74, 6) is 0.359. The van der Waals surface area contributed by atoms with Gasteiger partial charge in [-0.25, -0.2) is 0 Å². The van der Waals surface area contributed by atoms with Gasteiger partial charge in [-0.2, -0.15) is 0 Å². The fourth-order valence-electron chi connectivity index (χ4n) is 3.20. The number of carbonyl (C=O) groups is 2. The molecule has 0 radical (unpaired) electrons. The molecule has 0 fully saturated rings. The molecule has 0 bridgehead atoms. The Hall–Kier alpha value is -1.37. The predicted molar refractivity (Wildman–Crippen MR) is 140 cm³/mol. The maximum atomic E-state index is 14.1. The van der Waals surface area contributed by atoms with Gasteiger partial charge in [0.1, 0.15) is 25.4 Å². The molecule has 9 heteroatoms. The van der Waals surface area contributed by atoms with E-state index in [0.29, 0.717) is 19.5 Å². The zero-order valence-corrected chi connectivity index (χ0v) is 24.4. The summed E-state index contributed by atoms with van der Waals surface area (Å²) < 4.78 is 37.4. The molecule has 0 heterocycles. The smallest absolute Gasteiger partial charge is 0.331 e. The van der Waals surface area contributed by atoms with Gasteiger partial charge in [-0.05, 0) is 44.1 Å². The zero-order chi connectivity index (χ0) is 27.0. The Morgan fingerprint density at radius 1 is 0.857 bits per heavy atom. The molecule has 1 amide bonds. The van der Waals surface area contributed by atoms with Crippen molar-refractivity contribution in [2.24, 2.45) is 11.8 Å². The largest absolute Gasteiger partial charge is 0.496 e. The Morgan fingerprint density at radius 3 is 1.83 bits per heavy atom. The third kappa shape index (κ3) is 15.4. The molecule has 0 aromatic carbocycles. The van der Waals surface area contributed by atoms with Gasteiger partial charge in [0, 0.05) is 26.9 Å². The third-order valence-corrected chi connectivity index (χ3v) is 7.57. The highest BCUT2D eigenvalue weighted by Crippen LogP contribution is 2.52. The first-order valence-electron chi connectivity index (χ1n) is 13.0. The third-order valence-electron chi connectivity index (χ3n) is 5.52. The van der Waals surface area contributed by atoms with Crippen molar-refractivity contribution in [3.05, 3.63) is 11.8 Å². The molecule has 0 aromatic rings. The number of carbonyl (C=O) groups excluding carboxylic acids is 2. The summed E-state index contributed by atoms with van der Waals surface area (Å²) in [5, 5.41) is 0. The monoisotopic (exact) mass is 519 g/mol. The van der Waals surface area contributed by atoms with Crippen LogP contribution >= 0.6 is 7.60 Å². The average Bonchev–Trinajstić information content (AvgIpc) is 2.76. The molecule has 206 valence electrons. The Bertz CT molecular complexity index is 693. The van der Waals surface area contributed by atoms with Crippen molar-refractivity contribution < 1.29 is 32.7 Å². The molecule has 0 N–H and O–H groups in total. The standard InChI is InChI=1S/C26H50NO7P/c1-10-12-14-22(7)31-18-25(20(3)4)33-35(30,17-13-16-27(15-11-2)23(8)28)34-26(21(5)6)19-32-24(9)29/h14,20-21,25-26H,10-13,15-19H2,1-9H3/b22-14+. The Kier molecular flexibility index (Phi) is 17.3. The maximum absolute atomic E-state index is 14.1. The summed E-state index contributed by atoms with van der Waals surface area (Å²) in [6.07, 6.45) is 4.43. The fourth-order valence-corrected chi connectivity index (χ4v) is 5.43. The summed E-state index contributed by atoms with van der Waals surface area (Å²) >= 11 is 0. The normalized spacial score (nSPS) is 15.6. The van der Waals surface area contributed by atoms with Gasteiger partial charge in [-0.15, -0.1) is 0 Å². The number of unbranched alkanes of at least 4 members (excludes halogenated alkanes) is 1. The second-order valence-corrected chi connectivity index (χ2v) is 11.8. The minimum Gasteiger partial charge on any atom is -0.496 e. The Labute approximate surface area is 213 Å². The van der Waals surface area contributed by atoms with Gasteiger partial charge >= 0.3 is 13.6 Å². The van der Waals surface area contributed by atoms with Crippen molar-refractivity contribution in [2.45, 2.75) is 100 Å². The minimum absolute atomic E-state index is 0.00252. The molecule has 8 nitrogen and oxygen atoms in total. The number of amides is 1. The van der Waals surface area contributed by atoms with E-state index in [9.17, 15) is 14.2 Å². The second-order valence-electron chi connectivity index (χ2n) is 9.69. The summed E-state index contributed by atoms with van der Waals surface area (Å²) in [6, 6.07) is 0. The molecule has 35 heavy (non-hydrogen) atoms. The lowest BCUT2D eigenvalue weighted by atomic mass is 10.1. The van der Waals surface area contributed by atoms with Crippen molar-refractivity contribution in [1.82, 2.24) is 4.90 Å². The SMILES string of the molecule is CCC/C=C(\C)OCC(OP(=O)(CCCN(CCC)C(C)=O)OC(COC(C)=O)C(C)C)C(C)C. The van der Waals surface area contributed by atoms with E-state index >= 15 is 0 Å². The number of esters is 1. The topological polar surface area (TPSA) is 91.4 Å². The number of ether oxygens (including phenoxy) is 2. The lowest BCUT2D eigenvalue weighted by Crippen LogP contribution is -2.32. The lowest BCUT2D eigenvalue weighted by molar-refractivity contribution is -0.144. The number of nitrogens with zero attached hydrogens (tertiary/aromatic N) is 1. The molecular weight excluding hydrogens is 469 g/mol. The van der Waals surface area contributed by atoms with Crippen molar-refractivity contribution in [2.75, 3.05) is 32.5 Å². The van der Waals surface area contributed by atoms with Gasteiger partial charge in [-0.3, -0.25) is 14.2 Å². The van der Waals surface area contributed by atoms with Crippen LogP contribution in [0.15, 0.2) is 11.8 Å². The van der Waals surface area contributed by atoms with Crippen LogP contribution < -0.4 is 0 Å². The van der Waals surface area contributed by atoms with E-state index in [2.05, 4.69) is 6.92 Å². The van der Waals surface area contributed by atoms with Crippen LogP contribution in [-0.2, 0) is 32.7 Å². The van der Waals surface area contributed by atoms with Crippen LogP contribution in [0.25, 0.3) is 0 Å². The first-order chi connectivity index (χ1) is 16.3. The highest BCUT2D eigenvalue weighted by molar-refractivity contribution is 7.53. The Balaban J connectivity index is 5.64. The molecule has 0 aliphatic rings. The van der Waals surface area contributed by atoms with Crippen LogP contribution in [0.4, 0.5) is 0 Å². The van der Waals surface area contributed by atoms with Crippen molar-refractivity contribution in [3.63, 3.8) is 0 Å². The first kappa shape index (κ1) is 33.6. The van der Waals surface area contributed by atoms with Gasteiger partial charge in [0.25, 0.3) is 0 Å². The lowest BCUT2D eigenvalue weighted by Gasteiger charge is -2.31. The van der Waals surface area contributed by atoms with Crippen LogP contribution in [0, 0.1) is 11.8 Å². The number of hydrogen-bond donors (Lipinski definition) is 0. The van der Waals surface area contributed by atoms with Gasteiger partial charge < -0.3 is 23.4 Å². The number of allylic oxidation sites excluding steroid dienone is 2. The molecule has 0 spiro atoms. The van der Waals surface area contributed by atoms with E-state index in [-0.39, 0.29) is 37.1 Å². The van der Waals surface area contributed by atoms with Crippen LogP contribution in [0.3, 0.4) is 0 Å². The van der Waals surface area contributed by atoms with Gasteiger partial charge in [0.15, 0.2) is 0 Å². The second kappa shape index (κ2) is 18.0. The number of rotatable bonds is 19. The fraction of sp³-hybridized carbons (Fsp3) is 0.846. The average molecular weight is 520 g/mol. The van der Waals surface area contributed by atoms with Crippen molar-refractivity contribution >= 4 is 19.5 Å². The summed E-state index contributed by atoms with van der Waals surface area (Å²) in [5.41, 5.74) is 0. The predicted octanol–water partition coefficient (Wildman–Crippen LogP) is 6.19. The van der Waals surface area contributed by atoms with E-state index in [1.807, 2.05) is 47.6 Å². The van der Waals surface area contributed by atoms with E-state index in [1.165, 1.54) is 13.8 Å². The quantitative estimate of drug-likeness (QED) is 0.114. The molecule has 0 saturated carbocycles. The molecule has 0 aliphatic heterocycles. The molecule has 0 rings (SSSR count). The summed E-state index contributed by atoms with van der Waals surface area (Å²) in [6.45, 7) is 18.1. The Morgan fingerprint density at radius 2 is 1.40 bits per heavy atom. The summed E-state index contributed by atoms with van der Waals surface area (Å²) in [4.78, 5) is 25.0. The highest BCUT2D eigenvalue weighted by Gasteiger charge is 2.35. The van der Waals surface area contributed by atoms with Crippen molar-refractivity contribution in [3.8, 4) is 0 Å². The van der Waals surface area contributed by atoms with Crippen LogP contribution in [0.2, 0.25) is 0 Å². The van der Waals surface area contributed by atoms with Crippen LogP contribution in [-0.4, -0.2) is 61.4 Å². The van der Waals surface area contributed by atoms with E-state index in [1.54, 1.807) is 4.90 Å². The molecule has 0 saturated heterocycles. The van der Waals surface area contributed by atoms with E-state index in [0.717, 1.165) is 25.0 Å². The van der Waals surface area contributed by atoms with Crippen molar-refractivity contribution in [1.29, 1.82) is 0 Å². The molecule has 3 unspecified atom stereocenters. The van der Waals surface area contributed by atoms with Crippen LogP contribution in [0.1, 0.15) is 88.0 Å². The van der Waals surface area contributed by atoms with Gasteiger partial charge in [0.2, 0.25) is 5.91 Å². The van der Waals surface area contributed by atoms with Gasteiger partial charge in [0.05, 0.1) is 11.9 Å². The summed E-state index contributed by atoms with van der Waals surface area (Å²) in [7, 11) is -3.61. The molecule has 0 aromatic heterocycles. The van der Waals surface area contributed by atoms with E-state index in [4.69, 9.17) is 18.5 Å².